The third kappa shape index (κ3) is 3.16. The first-order chi connectivity index (χ1) is 13.7. The van der Waals surface area contributed by atoms with Gasteiger partial charge in [-0.05, 0) is 23.7 Å². The fourth-order valence-corrected chi connectivity index (χ4v) is 4.97. The van der Waals surface area contributed by atoms with E-state index in [-0.39, 0.29) is 5.91 Å². The Kier molecular flexibility index (Phi) is 4.52. The van der Waals surface area contributed by atoms with Crippen LogP contribution in [-0.2, 0) is 13.5 Å². The zero-order valence-corrected chi connectivity index (χ0v) is 16.9. The van der Waals surface area contributed by atoms with Gasteiger partial charge in [0.15, 0.2) is 0 Å². The molecule has 5 rings (SSSR count). The zero-order valence-electron chi connectivity index (χ0n) is 16.0. The normalized spacial score (nSPS) is 18.1. The summed E-state index contributed by atoms with van der Waals surface area (Å²) >= 11 is 1.58. The van der Waals surface area contributed by atoms with E-state index in [4.69, 9.17) is 0 Å². The van der Waals surface area contributed by atoms with E-state index in [1.165, 1.54) is 10.1 Å². The maximum absolute atomic E-state index is 12.7. The number of carbonyl (C=O) groups is 1. The lowest BCUT2D eigenvalue weighted by molar-refractivity contribution is 0.0716. The van der Waals surface area contributed by atoms with Crippen LogP contribution in [0.2, 0.25) is 0 Å². The highest BCUT2D eigenvalue weighted by molar-refractivity contribution is 7.13. The van der Waals surface area contributed by atoms with Gasteiger partial charge in [-0.1, -0.05) is 12.1 Å². The molecule has 0 spiro atoms. The van der Waals surface area contributed by atoms with Crippen LogP contribution < -0.4 is 4.90 Å². The summed E-state index contributed by atoms with van der Waals surface area (Å²) in [4.78, 5) is 19.5. The van der Waals surface area contributed by atoms with E-state index in [0.29, 0.717) is 0 Å². The second-order valence-corrected chi connectivity index (χ2v) is 8.34. The third-order valence-corrected chi connectivity index (χ3v) is 6.57. The van der Waals surface area contributed by atoms with Crippen molar-refractivity contribution in [3.8, 4) is 0 Å². The minimum absolute atomic E-state index is 0.127. The molecule has 0 saturated carbocycles. The van der Waals surface area contributed by atoms with Crippen LogP contribution in [0, 0.1) is 0 Å². The average Bonchev–Trinajstić information content (AvgIpc) is 3.31. The molecular formula is C20H24N6OS. The Hall–Kier alpha value is -2.45. The van der Waals surface area contributed by atoms with Crippen molar-refractivity contribution in [2.75, 3.05) is 50.7 Å². The minimum atomic E-state index is 0.127. The molecule has 0 radical (unpaired) electrons. The maximum Gasteiger partial charge on any atom is 0.257 e. The Morgan fingerprint density at radius 1 is 1.07 bits per heavy atom. The first-order valence-electron chi connectivity index (χ1n) is 9.82. The summed E-state index contributed by atoms with van der Waals surface area (Å²) in [7, 11) is 1.88. The van der Waals surface area contributed by atoms with Crippen molar-refractivity contribution >= 4 is 33.3 Å². The van der Waals surface area contributed by atoms with Crippen LogP contribution in [0.3, 0.4) is 0 Å². The Morgan fingerprint density at radius 2 is 1.89 bits per heavy atom. The monoisotopic (exact) mass is 396 g/mol. The Morgan fingerprint density at radius 3 is 2.75 bits per heavy atom. The summed E-state index contributed by atoms with van der Waals surface area (Å²) < 4.78 is 7.68. The SMILES string of the molecule is Cn1cc2c(n1)CCN(CCN1CCN(c3nsc4ccccc34)CC1)C2=O. The van der Waals surface area contributed by atoms with Crippen molar-refractivity contribution in [3.63, 3.8) is 0 Å². The second kappa shape index (κ2) is 7.18. The largest absolute Gasteiger partial charge is 0.353 e. The summed E-state index contributed by atoms with van der Waals surface area (Å²) in [5, 5.41) is 5.65. The smallest absolute Gasteiger partial charge is 0.257 e. The van der Waals surface area contributed by atoms with E-state index in [1.807, 2.05) is 18.1 Å². The topological polar surface area (TPSA) is 57.5 Å². The molecule has 1 saturated heterocycles. The number of hydrogen-bond acceptors (Lipinski definition) is 6. The number of rotatable bonds is 4. The molecule has 7 nitrogen and oxygen atoms in total. The van der Waals surface area contributed by atoms with Crippen molar-refractivity contribution in [2.45, 2.75) is 6.42 Å². The lowest BCUT2D eigenvalue weighted by Gasteiger charge is -2.36. The predicted molar refractivity (Wildman–Crippen MR) is 111 cm³/mol. The highest BCUT2D eigenvalue weighted by atomic mass is 32.1. The second-order valence-electron chi connectivity index (χ2n) is 7.54. The van der Waals surface area contributed by atoms with Gasteiger partial charge in [-0.2, -0.15) is 9.47 Å². The van der Waals surface area contributed by atoms with Gasteiger partial charge in [0.1, 0.15) is 5.82 Å². The molecule has 0 N–H and O–H groups in total. The standard InChI is InChI=1S/C20H24N6OS/c1-23-14-16-17(21-23)6-7-26(20(16)27)13-10-24-8-11-25(12-9-24)19-15-4-2-3-5-18(15)28-22-19/h2-5,14H,6-13H2,1H3. The maximum atomic E-state index is 12.7. The van der Waals surface area contributed by atoms with E-state index in [9.17, 15) is 4.79 Å². The fraction of sp³-hybridized carbons (Fsp3) is 0.450. The molecular weight excluding hydrogens is 372 g/mol. The number of aryl methyl sites for hydroxylation is 1. The van der Waals surface area contributed by atoms with Crippen molar-refractivity contribution in [1.82, 2.24) is 24.0 Å². The number of hydrogen-bond donors (Lipinski definition) is 0. The quantitative estimate of drug-likeness (QED) is 0.674. The predicted octanol–water partition coefficient (Wildman–Crippen LogP) is 1.85. The molecule has 4 heterocycles. The highest BCUT2D eigenvalue weighted by Crippen LogP contribution is 2.29. The molecule has 0 unspecified atom stereocenters. The number of aromatic nitrogens is 3. The number of anilines is 1. The highest BCUT2D eigenvalue weighted by Gasteiger charge is 2.28. The van der Waals surface area contributed by atoms with Gasteiger partial charge in [0.05, 0.1) is 16.0 Å². The molecule has 1 amide bonds. The number of fused-ring (bicyclic) bond motifs is 2. The fourth-order valence-electron chi connectivity index (χ4n) is 4.17. The molecule has 28 heavy (non-hydrogen) atoms. The molecule has 8 heteroatoms. The van der Waals surface area contributed by atoms with Crippen molar-refractivity contribution in [1.29, 1.82) is 0 Å². The zero-order chi connectivity index (χ0) is 19.1. The first-order valence-corrected chi connectivity index (χ1v) is 10.6. The number of benzene rings is 1. The molecule has 3 aromatic rings. The summed E-state index contributed by atoms with van der Waals surface area (Å²) in [6.45, 7) is 6.45. The van der Waals surface area contributed by atoms with Gasteiger partial charge < -0.3 is 9.80 Å². The molecule has 2 aliphatic rings. The number of amides is 1. The van der Waals surface area contributed by atoms with Gasteiger partial charge in [0.2, 0.25) is 0 Å². The number of nitrogens with zero attached hydrogens (tertiary/aromatic N) is 6. The summed E-state index contributed by atoms with van der Waals surface area (Å²) in [6, 6.07) is 8.45. The average molecular weight is 397 g/mol. The van der Waals surface area contributed by atoms with Gasteiger partial charge in [-0.25, -0.2) is 0 Å². The summed E-state index contributed by atoms with van der Waals surface area (Å²) in [5.74, 6) is 1.25. The van der Waals surface area contributed by atoms with Crippen molar-refractivity contribution in [2.24, 2.45) is 7.05 Å². The number of piperazine rings is 1. The van der Waals surface area contributed by atoms with Crippen LogP contribution in [0.5, 0.6) is 0 Å². The van der Waals surface area contributed by atoms with E-state index in [0.717, 1.165) is 69.3 Å². The molecule has 146 valence electrons. The Labute approximate surface area is 168 Å². The summed E-state index contributed by atoms with van der Waals surface area (Å²) in [6.07, 6.45) is 2.70. The molecule has 2 aromatic heterocycles. The molecule has 0 atom stereocenters. The molecule has 0 bridgehead atoms. The molecule has 1 aromatic carbocycles. The van der Waals surface area contributed by atoms with Crippen LogP contribution in [0.1, 0.15) is 16.1 Å². The van der Waals surface area contributed by atoms with Gasteiger partial charge >= 0.3 is 0 Å². The lowest BCUT2D eigenvalue weighted by atomic mass is 10.1. The number of carbonyl (C=O) groups excluding carboxylic acids is 1. The van der Waals surface area contributed by atoms with E-state index in [1.54, 1.807) is 16.2 Å². The first kappa shape index (κ1) is 17.6. The van der Waals surface area contributed by atoms with Crippen LogP contribution >= 0.6 is 11.5 Å². The van der Waals surface area contributed by atoms with Crippen LogP contribution in [0.15, 0.2) is 30.5 Å². The van der Waals surface area contributed by atoms with Gasteiger partial charge in [-0.15, -0.1) is 0 Å². The van der Waals surface area contributed by atoms with Crippen molar-refractivity contribution < 1.29 is 4.79 Å². The molecule has 2 aliphatic heterocycles. The van der Waals surface area contributed by atoms with E-state index in [2.05, 4.69) is 43.5 Å². The van der Waals surface area contributed by atoms with E-state index < -0.39 is 0 Å². The Bertz CT molecular complexity index is 1000. The minimum Gasteiger partial charge on any atom is -0.353 e. The summed E-state index contributed by atoms with van der Waals surface area (Å²) in [5.41, 5.74) is 1.71. The third-order valence-electron chi connectivity index (χ3n) is 5.76. The molecule has 1 fully saturated rings. The van der Waals surface area contributed by atoms with Gasteiger partial charge in [-0.3, -0.25) is 14.4 Å². The van der Waals surface area contributed by atoms with Gasteiger partial charge in [0.25, 0.3) is 5.91 Å². The lowest BCUT2D eigenvalue weighted by Crippen LogP contribution is -2.49. The molecule has 0 aliphatic carbocycles. The van der Waals surface area contributed by atoms with Crippen LogP contribution in [0.25, 0.3) is 10.1 Å². The van der Waals surface area contributed by atoms with Crippen LogP contribution in [-0.4, -0.2) is 75.7 Å². The van der Waals surface area contributed by atoms with Crippen molar-refractivity contribution in [3.05, 3.63) is 41.7 Å². The van der Waals surface area contributed by atoms with Gasteiger partial charge in [0, 0.05) is 70.9 Å². The van der Waals surface area contributed by atoms with E-state index >= 15 is 0 Å². The van der Waals surface area contributed by atoms with Crippen LogP contribution in [0.4, 0.5) is 5.82 Å². The Balaban J connectivity index is 1.17.